The van der Waals surface area contributed by atoms with Gasteiger partial charge in [-0.25, -0.2) is 18.4 Å². The third kappa shape index (κ3) is 4.44. The van der Waals surface area contributed by atoms with Gasteiger partial charge in [0.15, 0.2) is 6.39 Å². The third-order valence-corrected chi connectivity index (χ3v) is 8.23. The quantitative estimate of drug-likeness (QED) is 0.243. The second-order valence-corrected chi connectivity index (χ2v) is 10.7. The van der Waals surface area contributed by atoms with Crippen LogP contribution < -0.4 is 0 Å². The van der Waals surface area contributed by atoms with Crippen molar-refractivity contribution in [3.05, 3.63) is 101 Å². The van der Waals surface area contributed by atoms with Crippen LogP contribution in [0.2, 0.25) is 0 Å². The number of oxazole rings is 1. The summed E-state index contributed by atoms with van der Waals surface area (Å²) < 4.78 is 61.5. The molecule has 1 unspecified atom stereocenters. The molecule has 6 nitrogen and oxygen atoms in total. The summed E-state index contributed by atoms with van der Waals surface area (Å²) in [5, 5.41) is 16.2. The van der Waals surface area contributed by atoms with Crippen molar-refractivity contribution < 1.29 is 27.1 Å². The van der Waals surface area contributed by atoms with Gasteiger partial charge in [-0.1, -0.05) is 5.57 Å². The normalized spacial score (nSPS) is 20.5. The van der Waals surface area contributed by atoms with Crippen molar-refractivity contribution in [1.29, 1.82) is 0 Å². The molecule has 0 amide bonds. The fourth-order valence-corrected chi connectivity index (χ4v) is 6.31. The number of rotatable bonds is 5. The zero-order chi connectivity index (χ0) is 26.5. The van der Waals surface area contributed by atoms with Gasteiger partial charge in [0.25, 0.3) is 0 Å². The van der Waals surface area contributed by atoms with Crippen molar-refractivity contribution >= 4 is 18.0 Å². The number of nitrogens with zero attached hydrogens (tertiary/aromatic N) is 4. The van der Waals surface area contributed by atoms with Gasteiger partial charge in [0, 0.05) is 23.4 Å². The molecule has 0 spiro atoms. The minimum Gasteiger partial charge on any atom is -0.451 e. The Hall–Kier alpha value is -3.41. The maximum absolute atomic E-state index is 13.5. The summed E-state index contributed by atoms with van der Waals surface area (Å²) >= 11 is 1.36. The lowest BCUT2D eigenvalue weighted by atomic mass is 9.65. The highest BCUT2D eigenvalue weighted by atomic mass is 32.2. The minimum absolute atomic E-state index is 0.333. The Balaban J connectivity index is 1.33. The number of hydrogen-bond acceptors (Lipinski definition) is 6. The third-order valence-electron chi connectivity index (χ3n) is 7.17. The van der Waals surface area contributed by atoms with Gasteiger partial charge in [0.2, 0.25) is 0 Å². The van der Waals surface area contributed by atoms with Gasteiger partial charge in [-0.05, 0) is 85.0 Å². The standard InChI is InChI=1S/C27H22F4N4O2S/c28-20-3-5-21(6-4-20)35-24-11-19-9-10-34(38-22-7-1-18(2-8-22)27(29,30)31)15-26(19,12-17(24)13-33-35)25(36)23-14-37-16-32-23/h1-8,11,13-14,16,25,36H,9-10,12,15H2/t25?,26-/m0/s1. The second-order valence-electron chi connectivity index (χ2n) is 9.49. The Morgan fingerprint density at radius 1 is 1.08 bits per heavy atom. The minimum atomic E-state index is -4.39. The van der Waals surface area contributed by atoms with Gasteiger partial charge in [-0.3, -0.25) is 0 Å². The number of piperidine rings is 1. The van der Waals surface area contributed by atoms with E-state index in [0.717, 1.165) is 34.7 Å². The predicted octanol–water partition coefficient (Wildman–Crippen LogP) is 6.09. The van der Waals surface area contributed by atoms with E-state index in [2.05, 4.69) is 14.4 Å². The number of aromatic nitrogens is 3. The van der Waals surface area contributed by atoms with E-state index in [-0.39, 0.29) is 5.82 Å². The van der Waals surface area contributed by atoms with Crippen LogP contribution in [0.15, 0.2) is 82.3 Å². The first-order valence-corrected chi connectivity index (χ1v) is 12.7. The van der Waals surface area contributed by atoms with Crippen LogP contribution in [0.3, 0.4) is 0 Å². The largest absolute Gasteiger partial charge is 0.451 e. The van der Waals surface area contributed by atoms with Crippen molar-refractivity contribution in [2.45, 2.75) is 30.0 Å². The van der Waals surface area contributed by atoms with Crippen molar-refractivity contribution in [1.82, 2.24) is 19.1 Å². The van der Waals surface area contributed by atoms with Crippen LogP contribution in [0.25, 0.3) is 11.8 Å². The molecule has 11 heteroatoms. The second kappa shape index (κ2) is 9.40. The van der Waals surface area contributed by atoms with E-state index in [1.165, 1.54) is 48.9 Å². The van der Waals surface area contributed by atoms with Crippen molar-refractivity contribution in [2.24, 2.45) is 5.41 Å². The maximum atomic E-state index is 13.5. The Morgan fingerprint density at radius 2 is 1.84 bits per heavy atom. The molecule has 2 aromatic heterocycles. The monoisotopic (exact) mass is 542 g/mol. The van der Waals surface area contributed by atoms with Gasteiger partial charge in [0.1, 0.15) is 23.9 Å². The smallest absolute Gasteiger partial charge is 0.416 e. The first-order valence-electron chi connectivity index (χ1n) is 11.9. The van der Waals surface area contributed by atoms with Gasteiger partial charge < -0.3 is 9.52 Å². The number of aliphatic hydroxyl groups is 1. The molecule has 6 rings (SSSR count). The highest BCUT2D eigenvalue weighted by Crippen LogP contribution is 2.52. The molecule has 2 aliphatic rings. The molecule has 38 heavy (non-hydrogen) atoms. The van der Waals surface area contributed by atoms with Crippen LogP contribution in [0.4, 0.5) is 17.6 Å². The van der Waals surface area contributed by atoms with Gasteiger partial charge in [-0.15, -0.1) is 0 Å². The Morgan fingerprint density at radius 3 is 2.53 bits per heavy atom. The number of benzene rings is 2. The van der Waals surface area contributed by atoms with E-state index in [9.17, 15) is 22.7 Å². The molecule has 2 aromatic carbocycles. The molecule has 1 fully saturated rings. The molecule has 0 bridgehead atoms. The number of halogens is 4. The van der Waals surface area contributed by atoms with Crippen molar-refractivity contribution in [3.8, 4) is 5.69 Å². The molecule has 2 atom stereocenters. The average Bonchev–Trinajstić information content (AvgIpc) is 3.57. The summed E-state index contributed by atoms with van der Waals surface area (Å²) in [6, 6.07) is 11.2. The van der Waals surface area contributed by atoms with Crippen LogP contribution in [-0.2, 0) is 12.6 Å². The Kier molecular flexibility index (Phi) is 6.16. The molecular weight excluding hydrogens is 520 g/mol. The highest BCUT2D eigenvalue weighted by Gasteiger charge is 2.49. The highest BCUT2D eigenvalue weighted by molar-refractivity contribution is 7.97. The number of aliphatic hydroxyl groups excluding tert-OH is 1. The van der Waals surface area contributed by atoms with Crippen LogP contribution in [0.5, 0.6) is 0 Å². The van der Waals surface area contributed by atoms with E-state index >= 15 is 0 Å². The lowest BCUT2D eigenvalue weighted by Gasteiger charge is -2.48. The molecule has 1 N–H and O–H groups in total. The van der Waals surface area contributed by atoms with E-state index in [4.69, 9.17) is 4.42 Å². The van der Waals surface area contributed by atoms with E-state index < -0.39 is 23.3 Å². The summed E-state index contributed by atoms with van der Waals surface area (Å²) in [5.41, 5.74) is 2.50. The summed E-state index contributed by atoms with van der Waals surface area (Å²) in [7, 11) is 0. The summed E-state index contributed by atoms with van der Waals surface area (Å²) in [6.07, 6.45) is 2.21. The van der Waals surface area contributed by atoms with Gasteiger partial charge in [-0.2, -0.15) is 18.3 Å². The molecule has 4 aromatic rings. The van der Waals surface area contributed by atoms with E-state index in [1.54, 1.807) is 23.0 Å². The van der Waals surface area contributed by atoms with Crippen LogP contribution >= 0.6 is 11.9 Å². The number of hydrogen-bond donors (Lipinski definition) is 1. The lowest BCUT2D eigenvalue weighted by molar-refractivity contribution is -0.137. The van der Waals surface area contributed by atoms with E-state index in [1.807, 2.05) is 6.08 Å². The van der Waals surface area contributed by atoms with Crippen molar-refractivity contribution in [2.75, 3.05) is 13.1 Å². The number of fused-ring (bicyclic) bond motifs is 2. The first kappa shape index (κ1) is 24.9. The maximum Gasteiger partial charge on any atom is 0.416 e. The van der Waals surface area contributed by atoms with Crippen LogP contribution in [0, 0.1) is 11.2 Å². The molecule has 0 radical (unpaired) electrons. The zero-order valence-corrected chi connectivity index (χ0v) is 20.7. The average molecular weight is 543 g/mol. The zero-order valence-electron chi connectivity index (χ0n) is 19.9. The molecule has 0 saturated carbocycles. The lowest BCUT2D eigenvalue weighted by Crippen LogP contribution is -2.48. The molecule has 1 aliphatic heterocycles. The SMILES string of the molecule is OC(c1cocn1)[C@]12Cc3cnn(-c4ccc(F)cc4)c3C=C1CCN(Sc1ccc(C(F)(F)F)cc1)C2. The molecule has 1 saturated heterocycles. The fourth-order valence-electron chi connectivity index (χ4n) is 5.28. The summed E-state index contributed by atoms with van der Waals surface area (Å²) in [5.74, 6) is -0.333. The topological polar surface area (TPSA) is 67.3 Å². The van der Waals surface area contributed by atoms with E-state index in [0.29, 0.717) is 36.5 Å². The fraction of sp³-hybridized carbons (Fsp3) is 0.259. The van der Waals surface area contributed by atoms with Gasteiger partial charge >= 0.3 is 6.18 Å². The number of alkyl halides is 3. The summed E-state index contributed by atoms with van der Waals surface area (Å²) in [6.45, 7) is 1.06. The predicted molar refractivity (Wildman–Crippen MR) is 133 cm³/mol. The van der Waals surface area contributed by atoms with Crippen LogP contribution in [-0.4, -0.2) is 37.3 Å². The first-order chi connectivity index (χ1) is 18.2. The molecular formula is C27H22F4N4O2S. The van der Waals surface area contributed by atoms with Crippen molar-refractivity contribution in [3.63, 3.8) is 0 Å². The molecule has 196 valence electrons. The summed E-state index contributed by atoms with van der Waals surface area (Å²) in [4.78, 5) is 4.88. The molecule has 1 aliphatic carbocycles. The molecule has 3 heterocycles. The Labute approximate surface area is 219 Å². The Bertz CT molecular complexity index is 1470. The van der Waals surface area contributed by atoms with Gasteiger partial charge in [0.05, 0.1) is 23.1 Å². The van der Waals surface area contributed by atoms with Crippen LogP contribution in [0.1, 0.15) is 35.0 Å².